The number of anilines is 1. The van der Waals surface area contributed by atoms with E-state index in [1.807, 2.05) is 60.7 Å². The molecule has 0 radical (unpaired) electrons. The molecule has 1 saturated heterocycles. The third kappa shape index (κ3) is 5.53. The summed E-state index contributed by atoms with van der Waals surface area (Å²) in [6, 6.07) is 25.7. The zero-order valence-electron chi connectivity index (χ0n) is 25.1. The van der Waals surface area contributed by atoms with Crippen LogP contribution in [0.5, 0.6) is 0 Å². The molecule has 0 bridgehead atoms. The van der Waals surface area contributed by atoms with E-state index in [0.29, 0.717) is 28.2 Å². The fourth-order valence-corrected chi connectivity index (χ4v) is 6.01. The van der Waals surface area contributed by atoms with E-state index in [1.165, 1.54) is 4.68 Å². The summed E-state index contributed by atoms with van der Waals surface area (Å²) in [7, 11) is 0. The standard InChI is InChI=1S/C35H31N7O4/c1-22-31-32(42(39-22)28-9-4-7-24(18-28)25-8-5-16-36-19-25)33(44)41(35(46)38-31)34(45)37-27-13-11-23(12-14-27)30-10-3-2-6-26(30)20-40-17-15-29(43)21-40/h2-14,16,18-19,29,43H,15,17,20-21H2,1H3,(H,37,45)(H,38,46). The van der Waals surface area contributed by atoms with Gasteiger partial charge in [-0.2, -0.15) is 9.67 Å². The van der Waals surface area contributed by atoms with Crippen molar-refractivity contribution in [2.45, 2.75) is 26.0 Å². The number of hydrogen-bond donors (Lipinski definition) is 3. The highest BCUT2D eigenvalue weighted by molar-refractivity contribution is 5.92. The maximum absolute atomic E-state index is 13.8. The first-order valence-electron chi connectivity index (χ1n) is 15.0. The van der Waals surface area contributed by atoms with Crippen LogP contribution in [0.3, 0.4) is 0 Å². The highest BCUT2D eigenvalue weighted by Crippen LogP contribution is 2.28. The molecule has 0 saturated carbocycles. The molecule has 7 rings (SSSR count). The quantitative estimate of drug-likeness (QED) is 0.250. The number of β-amino-alcohol motifs (C(OH)–C–C–N with tert-alkyl or cyclic N) is 1. The summed E-state index contributed by atoms with van der Waals surface area (Å²) in [6.07, 6.45) is 3.92. The van der Waals surface area contributed by atoms with E-state index in [0.717, 1.165) is 47.3 Å². The predicted octanol–water partition coefficient (Wildman–Crippen LogP) is 4.56. The Bertz CT molecular complexity index is 2190. The van der Waals surface area contributed by atoms with Gasteiger partial charge in [-0.15, -0.1) is 0 Å². The number of H-pyrrole nitrogens is 1. The largest absolute Gasteiger partial charge is 0.392 e. The number of aromatic nitrogens is 5. The molecular weight excluding hydrogens is 582 g/mol. The van der Waals surface area contributed by atoms with Gasteiger partial charge < -0.3 is 15.4 Å². The van der Waals surface area contributed by atoms with Gasteiger partial charge in [0, 0.05) is 43.3 Å². The lowest BCUT2D eigenvalue weighted by Crippen LogP contribution is -2.42. The van der Waals surface area contributed by atoms with Crippen molar-refractivity contribution in [3.8, 4) is 27.9 Å². The van der Waals surface area contributed by atoms with Gasteiger partial charge >= 0.3 is 11.7 Å². The van der Waals surface area contributed by atoms with Crippen molar-refractivity contribution in [1.82, 2.24) is 29.2 Å². The molecule has 1 aliphatic heterocycles. The second kappa shape index (κ2) is 12.0. The van der Waals surface area contributed by atoms with Crippen molar-refractivity contribution in [2.75, 3.05) is 18.4 Å². The Hall–Kier alpha value is -5.65. The van der Waals surface area contributed by atoms with Crippen molar-refractivity contribution in [3.63, 3.8) is 0 Å². The molecule has 1 aliphatic rings. The van der Waals surface area contributed by atoms with Crippen LogP contribution in [-0.2, 0) is 6.54 Å². The number of aliphatic hydroxyl groups is 1. The molecule has 46 heavy (non-hydrogen) atoms. The first-order valence-corrected chi connectivity index (χ1v) is 15.0. The van der Waals surface area contributed by atoms with Crippen LogP contribution in [0.15, 0.2) is 107 Å². The smallest absolute Gasteiger partial charge is 0.337 e. The molecule has 3 N–H and O–H groups in total. The number of carbonyl (C=O) groups excluding carboxylic acids is 1. The molecule has 6 aromatic rings. The number of aromatic amines is 1. The number of nitrogens with zero attached hydrogens (tertiary/aromatic N) is 5. The van der Waals surface area contributed by atoms with E-state index >= 15 is 0 Å². The molecule has 1 unspecified atom stereocenters. The second-order valence-corrected chi connectivity index (χ2v) is 11.4. The predicted molar refractivity (Wildman–Crippen MR) is 176 cm³/mol. The number of benzene rings is 3. The van der Waals surface area contributed by atoms with Crippen LogP contribution in [0.2, 0.25) is 0 Å². The molecule has 11 heteroatoms. The summed E-state index contributed by atoms with van der Waals surface area (Å²) in [6.45, 7) is 3.92. The number of amides is 1. The number of aryl methyl sites for hydroxylation is 1. The summed E-state index contributed by atoms with van der Waals surface area (Å²) in [5, 5.41) is 17.1. The topological polar surface area (TPSA) is 138 Å². The average molecular weight is 614 g/mol. The summed E-state index contributed by atoms with van der Waals surface area (Å²) >= 11 is 0. The number of likely N-dealkylation sites (tertiary alicyclic amines) is 1. The molecule has 11 nitrogen and oxygen atoms in total. The molecule has 1 amide bonds. The number of hydrogen-bond acceptors (Lipinski definition) is 7. The van der Waals surface area contributed by atoms with Crippen LogP contribution in [0.4, 0.5) is 10.5 Å². The SMILES string of the molecule is Cc1nn(-c2cccc(-c3cccnc3)c2)c2c(=O)n(C(=O)Nc3ccc(-c4ccccc4CN4CCC(O)C4)cc3)c(=O)[nH]c12. The fraction of sp³-hybridized carbons (Fsp3) is 0.171. The van der Waals surface area contributed by atoms with Crippen molar-refractivity contribution in [1.29, 1.82) is 0 Å². The highest BCUT2D eigenvalue weighted by Gasteiger charge is 2.22. The Morgan fingerprint density at radius 3 is 2.54 bits per heavy atom. The van der Waals surface area contributed by atoms with E-state index in [-0.39, 0.29) is 17.1 Å². The van der Waals surface area contributed by atoms with Crippen molar-refractivity contribution < 1.29 is 9.90 Å². The lowest BCUT2D eigenvalue weighted by molar-refractivity contribution is 0.175. The van der Waals surface area contributed by atoms with Gasteiger partial charge in [0.15, 0.2) is 5.52 Å². The number of rotatable bonds is 6. The van der Waals surface area contributed by atoms with E-state index < -0.39 is 17.3 Å². The lowest BCUT2D eigenvalue weighted by atomic mass is 9.99. The number of pyridine rings is 1. The third-order valence-electron chi connectivity index (χ3n) is 8.30. The molecular formula is C35H31N7O4. The molecule has 1 fully saturated rings. The van der Waals surface area contributed by atoms with E-state index in [9.17, 15) is 19.5 Å². The van der Waals surface area contributed by atoms with Gasteiger partial charge in [-0.05, 0) is 65.9 Å². The molecule has 1 atom stereocenters. The Balaban J connectivity index is 1.18. The molecule has 3 aromatic carbocycles. The molecule has 0 spiro atoms. The van der Waals surface area contributed by atoms with Crippen LogP contribution in [0.1, 0.15) is 17.7 Å². The first-order chi connectivity index (χ1) is 22.4. The number of nitrogens with one attached hydrogen (secondary N) is 2. The maximum atomic E-state index is 13.8. The van der Waals surface area contributed by atoms with Crippen LogP contribution >= 0.6 is 0 Å². The van der Waals surface area contributed by atoms with E-state index in [2.05, 4.69) is 31.3 Å². The van der Waals surface area contributed by atoms with Crippen LogP contribution in [0, 0.1) is 6.92 Å². The minimum atomic E-state index is -0.886. The summed E-state index contributed by atoms with van der Waals surface area (Å²) in [4.78, 5) is 49.3. The Kier molecular flexibility index (Phi) is 7.61. The van der Waals surface area contributed by atoms with Gasteiger partial charge in [0.05, 0.1) is 23.0 Å². The summed E-state index contributed by atoms with van der Waals surface area (Å²) in [5.74, 6) is 0. The summed E-state index contributed by atoms with van der Waals surface area (Å²) < 4.78 is 2.00. The van der Waals surface area contributed by atoms with Crippen molar-refractivity contribution in [2.24, 2.45) is 0 Å². The highest BCUT2D eigenvalue weighted by atomic mass is 16.3. The zero-order valence-corrected chi connectivity index (χ0v) is 25.1. The zero-order chi connectivity index (χ0) is 31.8. The van der Waals surface area contributed by atoms with Crippen LogP contribution in [0.25, 0.3) is 39.0 Å². The van der Waals surface area contributed by atoms with Crippen molar-refractivity contribution >= 4 is 22.8 Å². The van der Waals surface area contributed by atoms with Crippen LogP contribution in [-0.4, -0.2) is 59.5 Å². The van der Waals surface area contributed by atoms with Gasteiger partial charge in [0.25, 0.3) is 5.56 Å². The maximum Gasteiger partial charge on any atom is 0.337 e. The van der Waals surface area contributed by atoms with Crippen molar-refractivity contribution in [3.05, 3.63) is 129 Å². The van der Waals surface area contributed by atoms with Gasteiger partial charge in [-0.1, -0.05) is 54.6 Å². The number of aliphatic hydroxyl groups excluding tert-OH is 1. The fourth-order valence-electron chi connectivity index (χ4n) is 6.01. The average Bonchev–Trinajstić information content (AvgIpc) is 3.64. The first kappa shape index (κ1) is 29.1. The Morgan fingerprint density at radius 1 is 0.978 bits per heavy atom. The minimum Gasteiger partial charge on any atom is -0.392 e. The van der Waals surface area contributed by atoms with Gasteiger partial charge in [0.1, 0.15) is 0 Å². The Morgan fingerprint density at radius 2 is 1.78 bits per heavy atom. The third-order valence-corrected chi connectivity index (χ3v) is 8.30. The summed E-state index contributed by atoms with van der Waals surface area (Å²) in [5.41, 5.74) is 5.05. The molecule has 0 aliphatic carbocycles. The van der Waals surface area contributed by atoms with Gasteiger partial charge in [0.2, 0.25) is 0 Å². The monoisotopic (exact) mass is 613 g/mol. The van der Waals surface area contributed by atoms with Gasteiger partial charge in [-0.25, -0.2) is 14.3 Å². The van der Waals surface area contributed by atoms with Crippen LogP contribution < -0.4 is 16.6 Å². The van der Waals surface area contributed by atoms with E-state index in [1.54, 1.807) is 37.5 Å². The number of carbonyl (C=O) groups is 1. The second-order valence-electron chi connectivity index (χ2n) is 11.4. The molecule has 230 valence electrons. The number of fused-ring (bicyclic) bond motifs is 1. The molecule has 4 heterocycles. The molecule has 3 aromatic heterocycles. The lowest BCUT2D eigenvalue weighted by Gasteiger charge is -2.18. The van der Waals surface area contributed by atoms with E-state index in [4.69, 9.17) is 0 Å². The normalized spacial score (nSPS) is 15.0. The van der Waals surface area contributed by atoms with Gasteiger partial charge in [-0.3, -0.25) is 14.7 Å². The Labute approximate surface area is 263 Å². The minimum absolute atomic E-state index is 0.0769.